The Balaban J connectivity index is 0.000000322. The summed E-state index contributed by atoms with van der Waals surface area (Å²) in [5.41, 5.74) is -3.68. The molecule has 4 aromatic heterocycles. The van der Waals surface area contributed by atoms with Crippen LogP contribution in [0.1, 0.15) is 60.6 Å². The van der Waals surface area contributed by atoms with Crippen molar-refractivity contribution < 1.29 is 110 Å². The molecule has 402 valence electrons. The third kappa shape index (κ3) is 16.8. The number of carboxylic acid groups (broad SMARTS) is 1. The third-order valence-corrected chi connectivity index (χ3v) is 13.8. The second-order valence-corrected chi connectivity index (χ2v) is 19.6. The fourth-order valence-electron chi connectivity index (χ4n) is 6.43. The van der Waals surface area contributed by atoms with E-state index in [1.807, 2.05) is 27.3 Å². The van der Waals surface area contributed by atoms with E-state index in [1.54, 1.807) is 0 Å². The van der Waals surface area contributed by atoms with Gasteiger partial charge in [-0.15, -0.1) is 10.2 Å². The van der Waals surface area contributed by atoms with E-state index in [4.69, 9.17) is 50.7 Å². The van der Waals surface area contributed by atoms with Gasteiger partial charge in [-0.25, -0.2) is 50.8 Å². The number of benzene rings is 2. The number of carboxylic acids is 1. The average Bonchev–Trinajstić information content (AvgIpc) is 4.22. The van der Waals surface area contributed by atoms with E-state index in [1.165, 1.54) is 94.6 Å². The zero-order chi connectivity index (χ0) is 56.9. The van der Waals surface area contributed by atoms with E-state index in [-0.39, 0.29) is 138 Å². The average molecular weight is 1470 g/mol. The van der Waals surface area contributed by atoms with Gasteiger partial charge in [-0.2, -0.15) is 26.3 Å². The number of para-hydroxylation sites is 2. The van der Waals surface area contributed by atoms with E-state index in [0.29, 0.717) is 4.91 Å². The summed E-state index contributed by atoms with van der Waals surface area (Å²) in [6.07, 6.45) is -5.37. The van der Waals surface area contributed by atoms with Crippen LogP contribution >= 0.6 is 45.8 Å². The largest absolute Gasteiger partial charge is 0.507 e. The van der Waals surface area contributed by atoms with Gasteiger partial charge in [-0.3, -0.25) is 4.79 Å². The van der Waals surface area contributed by atoms with Gasteiger partial charge < -0.3 is 24.8 Å². The number of hydrogen-bond donors (Lipinski definition) is 5. The third-order valence-electron chi connectivity index (χ3n) is 10.9. The predicted octanol–water partition coefficient (Wildman–Crippen LogP) is 8.03. The minimum Gasteiger partial charge on any atom is -0.507 e. The number of rotatable bonds is 15. The zero-order valence-electron chi connectivity index (χ0n) is 40.3. The van der Waals surface area contributed by atoms with Crippen molar-refractivity contribution in [3.63, 3.8) is 0 Å². The molecule has 8 rings (SSSR count). The Kier molecular flexibility index (Phi) is 21.5. The first-order valence-corrected chi connectivity index (χ1v) is 26.0. The Labute approximate surface area is 476 Å². The Morgan fingerprint density at radius 2 is 1.13 bits per heavy atom. The topological polar surface area (TPSA) is 281 Å². The maximum atomic E-state index is 13.0. The second-order valence-electron chi connectivity index (χ2n) is 15.7. The fourth-order valence-corrected chi connectivity index (χ4v) is 8.58. The first-order valence-electron chi connectivity index (χ1n) is 21.9. The number of amides is 1. The van der Waals surface area contributed by atoms with Crippen LogP contribution in [0, 0.1) is 41.9 Å². The molecule has 0 spiro atoms. The maximum absolute atomic E-state index is 13.0. The number of aromatic carboxylic acids is 1. The van der Waals surface area contributed by atoms with Crippen molar-refractivity contribution in [3.8, 4) is 34.9 Å². The van der Waals surface area contributed by atoms with Crippen LogP contribution < -0.4 is 19.3 Å². The number of nitrogens with two attached hydrogens (primary N) is 1. The number of phenolic OH excluding ortho intramolecular Hbond substituents is 2. The molecule has 0 saturated heterocycles. The van der Waals surface area contributed by atoms with Crippen molar-refractivity contribution >= 4 is 86.1 Å². The number of pyridine rings is 2. The number of phenols is 2. The van der Waals surface area contributed by atoms with Crippen LogP contribution in [0.3, 0.4) is 0 Å². The number of alkyl halides is 7. The monoisotopic (exact) mass is 1470 g/mol. The van der Waals surface area contributed by atoms with Crippen molar-refractivity contribution in [2.45, 2.75) is 60.7 Å². The summed E-state index contributed by atoms with van der Waals surface area (Å²) in [7, 11) is -4.41. The minimum atomic E-state index is -4.38. The Morgan fingerprint density at radius 1 is 0.747 bits per heavy atom. The number of carbonyl (C=O) groups is 2. The molecule has 2 aliphatic carbocycles. The quantitative estimate of drug-likeness (QED) is 0.0214. The van der Waals surface area contributed by atoms with Crippen molar-refractivity contribution in [2.24, 2.45) is 16.0 Å². The van der Waals surface area contributed by atoms with Gasteiger partial charge in [0.05, 0.1) is 35.2 Å². The number of nitrogens with zero attached hydrogens (tertiary/aromatic N) is 6. The van der Waals surface area contributed by atoms with Crippen molar-refractivity contribution in [3.05, 3.63) is 119 Å². The van der Waals surface area contributed by atoms with Crippen molar-refractivity contribution in [1.82, 2.24) is 34.3 Å². The molecule has 2 fully saturated rings. The number of aromatic nitrogens is 6. The van der Waals surface area contributed by atoms with E-state index in [9.17, 15) is 57.9 Å². The molecule has 2 aromatic carbocycles. The van der Waals surface area contributed by atoms with Crippen LogP contribution in [-0.4, -0.2) is 114 Å². The molecule has 32 heteroatoms. The van der Waals surface area contributed by atoms with Gasteiger partial charge in [0.15, 0.2) is 11.6 Å². The van der Waals surface area contributed by atoms with Crippen LogP contribution in [0.2, 0.25) is 10.3 Å². The summed E-state index contributed by atoms with van der Waals surface area (Å²) in [5.74, 6) is -2.48. The zero-order valence-corrected chi connectivity index (χ0v) is 47.7. The molecule has 75 heavy (non-hydrogen) atoms. The maximum Gasteiger partial charge on any atom is 0.394 e. The number of carbonyl (C=O) groups excluding carboxylic acids is 1. The summed E-state index contributed by atoms with van der Waals surface area (Å²) in [6, 6.07) is 18.8. The van der Waals surface area contributed by atoms with Crippen LogP contribution in [0.5, 0.6) is 23.3 Å². The van der Waals surface area contributed by atoms with Crippen LogP contribution in [0.15, 0.2) is 107 Å². The first kappa shape index (κ1) is 61.0. The second kappa shape index (κ2) is 26.5. The molecule has 2 radical (unpaired) electrons. The van der Waals surface area contributed by atoms with Gasteiger partial charge >= 0.3 is 18.3 Å². The Morgan fingerprint density at radius 3 is 1.47 bits per heavy atom. The molecule has 2 saturated carbocycles. The Hall–Kier alpha value is -4.83. The van der Waals surface area contributed by atoms with E-state index >= 15 is 0 Å². The molecule has 6 aromatic rings. The number of ether oxygens (including phenoxy) is 2. The van der Waals surface area contributed by atoms with Crippen LogP contribution in [-0.2, 0) is 20.0 Å². The molecule has 2 aliphatic rings. The number of sulfonamides is 2. The van der Waals surface area contributed by atoms with Crippen molar-refractivity contribution in [2.75, 3.05) is 18.1 Å². The van der Waals surface area contributed by atoms with Gasteiger partial charge in [0.1, 0.15) is 31.6 Å². The van der Waals surface area contributed by atoms with Gasteiger partial charge in [0, 0.05) is 65.4 Å². The summed E-state index contributed by atoms with van der Waals surface area (Å²) in [4.78, 5) is 31.0. The summed E-state index contributed by atoms with van der Waals surface area (Å²) < 4.78 is 150. The smallest absolute Gasteiger partial charge is 0.394 e. The van der Waals surface area contributed by atoms with Gasteiger partial charge in [-0.05, 0) is 93.3 Å². The SMILES string of the molecule is NS(=O)(=O)c1ccccc1O.O=C(NS(=O)(=O)c1ccccc1O)c1ccc(-n2ccc(OCCC3(C(F)(F)F)CC3)n2)nc1Cl.O=C(O)c1ccc(-n2ccc(OCCC3(C(F)(F)F)CC3)n2)nc1Cl.[2H]CI.[2H][B].[U]. The molecule has 19 nitrogen and oxygen atoms in total. The Bertz CT molecular complexity index is 3200. The van der Waals surface area contributed by atoms with E-state index < -0.39 is 65.8 Å². The molecule has 0 unspecified atom stereocenters. The van der Waals surface area contributed by atoms with Gasteiger partial charge in [-0.1, -0.05) is 70.1 Å². The van der Waals surface area contributed by atoms with Gasteiger partial charge in [0.2, 0.25) is 21.8 Å². The molecule has 6 N–H and O–H groups in total. The standard InChI is InChI=1S/C21H18ClF3N4O5S.C15H13ClF3N3O3.C6H7NO3S.CH3I.BH.U/c22-18-13(19(31)28-35(32,33)15-4-2-1-3-14(15)30)5-6-16(26-18)29-11-7-17(27-29)34-12-10-20(8-9-20)21(23,24)25;16-12-9(13(23)24)1-2-10(20-12)22-7-3-11(21-22)25-8-6-14(4-5-14)15(17,18)19;7-11(9,10)6-4-2-1-3-5(6)8;1-2;;/h1-7,11,30H,8-10,12H2,(H,28,31);1-3,7H,4-6,8H2,(H,23,24);1-4,8H,(H2,7,9,10);1H3;1H;/i;;;2*1D;. The first-order chi connectivity index (χ1) is 35.6. The van der Waals surface area contributed by atoms with E-state index in [0.717, 1.165) is 12.1 Å². The van der Waals surface area contributed by atoms with E-state index in [2.05, 4.69) is 28.5 Å². The summed E-state index contributed by atoms with van der Waals surface area (Å²) in [5, 5.41) is 40.0. The van der Waals surface area contributed by atoms with Gasteiger partial charge in [0.25, 0.3) is 15.9 Å². The van der Waals surface area contributed by atoms with Crippen LogP contribution in [0.4, 0.5) is 26.3 Å². The number of nitrogens with one attached hydrogen (secondary N) is 1. The molecule has 4 heterocycles. The molecular weight excluding hydrogens is 1430 g/mol. The summed E-state index contributed by atoms with van der Waals surface area (Å²) in [6.45, 7) is -0.252. The number of halogens is 9. The van der Waals surface area contributed by atoms with Crippen molar-refractivity contribution in [1.29, 1.82) is 1.34 Å². The summed E-state index contributed by atoms with van der Waals surface area (Å²) >= 11 is 13.8. The normalized spacial score (nSPS) is 14.3. The molecule has 1 amide bonds. The molecular formula is C43H42BCl2F6IN8O11S2U. The molecule has 0 bridgehead atoms. The predicted molar refractivity (Wildman–Crippen MR) is 265 cm³/mol. The number of aromatic hydroxyl groups is 2. The van der Waals surface area contributed by atoms with Crippen LogP contribution in [0.25, 0.3) is 11.6 Å². The fraction of sp³-hybridized carbons (Fsp3) is 0.302. The minimum absolute atomic E-state index is 0. The number of hydrogen-bond acceptors (Lipinski definition) is 14. The molecule has 0 atom stereocenters. The molecule has 0 aliphatic heterocycles. The number of primary sulfonamides is 1.